The molecule has 1 N–H and O–H groups in total. The van der Waals surface area contributed by atoms with E-state index in [4.69, 9.17) is 0 Å². The van der Waals surface area contributed by atoms with Crippen molar-refractivity contribution in [2.45, 2.75) is 20.8 Å². The lowest BCUT2D eigenvalue weighted by Gasteiger charge is -2.19. The molecule has 1 heterocycles. The van der Waals surface area contributed by atoms with Crippen LogP contribution < -0.4 is 5.32 Å². The van der Waals surface area contributed by atoms with E-state index in [0.717, 1.165) is 0 Å². The van der Waals surface area contributed by atoms with Crippen LogP contribution in [0.5, 0.6) is 0 Å². The Balaban J connectivity index is 2.09. The zero-order valence-corrected chi connectivity index (χ0v) is 15.3. The second-order valence-electron chi connectivity index (χ2n) is 7.24. The van der Waals surface area contributed by atoms with Crippen LogP contribution in [0, 0.1) is 22.9 Å². The number of hydrogen-bond donors (Lipinski definition) is 1. The third kappa shape index (κ3) is 3.58. The molecule has 0 fully saturated rings. The molecule has 8 heteroatoms. The number of amides is 1. The average Bonchev–Trinajstić information content (AvgIpc) is 2.64. The molecular formula is C20H16F3N3O2. The summed E-state index contributed by atoms with van der Waals surface area (Å²) in [6.07, 6.45) is 2.76. The quantitative estimate of drug-likeness (QED) is 0.538. The molecule has 0 aliphatic rings. The molecule has 0 bridgehead atoms. The van der Waals surface area contributed by atoms with Gasteiger partial charge in [-0.15, -0.1) is 0 Å². The highest BCUT2D eigenvalue weighted by Gasteiger charge is 2.28. The highest BCUT2D eigenvalue weighted by Crippen LogP contribution is 2.28. The number of carbonyl (C=O) groups excluding carboxylic acids is 2. The summed E-state index contributed by atoms with van der Waals surface area (Å²) in [6.45, 7) is 4.72. The second kappa shape index (κ2) is 7.03. The predicted molar refractivity (Wildman–Crippen MR) is 97.4 cm³/mol. The monoisotopic (exact) mass is 387 g/mol. The van der Waals surface area contributed by atoms with E-state index in [9.17, 15) is 22.8 Å². The third-order valence-corrected chi connectivity index (χ3v) is 4.08. The van der Waals surface area contributed by atoms with Gasteiger partial charge in [0.25, 0.3) is 0 Å². The average molecular weight is 387 g/mol. The van der Waals surface area contributed by atoms with Crippen LogP contribution in [0.2, 0.25) is 0 Å². The van der Waals surface area contributed by atoms with E-state index in [1.54, 1.807) is 20.8 Å². The summed E-state index contributed by atoms with van der Waals surface area (Å²) in [6, 6.07) is 4.69. The largest absolute Gasteiger partial charge is 0.323 e. The molecule has 0 aliphatic carbocycles. The van der Waals surface area contributed by atoms with Crippen LogP contribution in [-0.4, -0.2) is 21.7 Å². The molecule has 3 aromatic rings. The fourth-order valence-corrected chi connectivity index (χ4v) is 2.47. The summed E-state index contributed by atoms with van der Waals surface area (Å²) >= 11 is 0. The number of aromatic nitrogens is 2. The van der Waals surface area contributed by atoms with Crippen molar-refractivity contribution in [3.8, 4) is 0 Å². The molecular weight excluding hydrogens is 371 g/mol. The Morgan fingerprint density at radius 2 is 1.75 bits per heavy atom. The minimum absolute atomic E-state index is 0.0706. The lowest BCUT2D eigenvalue weighted by molar-refractivity contribution is -0.123. The van der Waals surface area contributed by atoms with Crippen molar-refractivity contribution >= 4 is 28.3 Å². The molecule has 0 unspecified atom stereocenters. The van der Waals surface area contributed by atoms with Gasteiger partial charge in [-0.25, -0.2) is 23.1 Å². The molecule has 5 nitrogen and oxygen atoms in total. The zero-order valence-electron chi connectivity index (χ0n) is 15.3. The van der Waals surface area contributed by atoms with Crippen LogP contribution in [0.15, 0.2) is 36.8 Å². The summed E-state index contributed by atoms with van der Waals surface area (Å²) < 4.78 is 43.2. The van der Waals surface area contributed by atoms with Crippen LogP contribution in [0.4, 0.5) is 18.9 Å². The minimum atomic E-state index is -1.62. The van der Waals surface area contributed by atoms with Crippen molar-refractivity contribution in [1.29, 1.82) is 0 Å². The van der Waals surface area contributed by atoms with Crippen molar-refractivity contribution in [3.63, 3.8) is 0 Å². The summed E-state index contributed by atoms with van der Waals surface area (Å²) in [5, 5.41) is 2.68. The van der Waals surface area contributed by atoms with E-state index < -0.39 is 45.8 Å². The van der Waals surface area contributed by atoms with Gasteiger partial charge in [-0.2, -0.15) is 0 Å². The molecule has 1 amide bonds. The van der Waals surface area contributed by atoms with E-state index in [1.807, 2.05) is 0 Å². The summed E-state index contributed by atoms with van der Waals surface area (Å²) in [5.74, 6) is -6.09. The Labute approximate surface area is 158 Å². The molecule has 0 radical (unpaired) electrons. The number of benzene rings is 2. The Morgan fingerprint density at radius 3 is 2.43 bits per heavy atom. The maximum atomic E-state index is 14.8. The zero-order chi connectivity index (χ0) is 20.6. The normalized spacial score (nSPS) is 11.5. The molecule has 0 atom stereocenters. The van der Waals surface area contributed by atoms with Gasteiger partial charge in [0.1, 0.15) is 6.33 Å². The summed E-state index contributed by atoms with van der Waals surface area (Å²) in [4.78, 5) is 32.6. The molecule has 0 saturated heterocycles. The van der Waals surface area contributed by atoms with Gasteiger partial charge in [-0.05, 0) is 18.2 Å². The number of hydrogen-bond acceptors (Lipinski definition) is 4. The maximum Gasteiger partial charge on any atom is 0.229 e. The molecule has 1 aromatic heterocycles. The number of rotatable bonds is 3. The van der Waals surface area contributed by atoms with E-state index in [1.165, 1.54) is 30.7 Å². The van der Waals surface area contributed by atoms with E-state index in [-0.39, 0.29) is 5.56 Å². The van der Waals surface area contributed by atoms with Crippen LogP contribution in [-0.2, 0) is 4.79 Å². The van der Waals surface area contributed by atoms with E-state index >= 15 is 0 Å². The van der Waals surface area contributed by atoms with Gasteiger partial charge in [0.2, 0.25) is 5.91 Å². The number of halogens is 3. The number of carbonyl (C=O) groups is 2. The second-order valence-corrected chi connectivity index (χ2v) is 7.24. The molecule has 0 aliphatic heterocycles. The first-order valence-electron chi connectivity index (χ1n) is 8.33. The number of anilines is 1. The Bertz CT molecular complexity index is 1110. The lowest BCUT2D eigenvalue weighted by Crippen LogP contribution is -2.28. The molecule has 0 spiro atoms. The van der Waals surface area contributed by atoms with Gasteiger partial charge in [0, 0.05) is 28.6 Å². The van der Waals surface area contributed by atoms with Crippen molar-refractivity contribution < 1.29 is 22.8 Å². The molecule has 144 valence electrons. The highest BCUT2D eigenvalue weighted by molar-refractivity contribution is 6.11. The van der Waals surface area contributed by atoms with Crippen LogP contribution in [0.1, 0.15) is 36.7 Å². The van der Waals surface area contributed by atoms with Gasteiger partial charge in [-0.1, -0.05) is 20.8 Å². The Hall–Kier alpha value is -3.29. The van der Waals surface area contributed by atoms with E-state index in [2.05, 4.69) is 15.3 Å². The summed E-state index contributed by atoms with van der Waals surface area (Å²) in [5.41, 5.74) is -2.13. The maximum absolute atomic E-state index is 14.8. The first-order valence-corrected chi connectivity index (χ1v) is 8.33. The van der Waals surface area contributed by atoms with Crippen LogP contribution in [0.25, 0.3) is 10.9 Å². The smallest absolute Gasteiger partial charge is 0.229 e. The third-order valence-electron chi connectivity index (χ3n) is 4.08. The number of nitrogens with zero attached hydrogens (tertiary/aromatic N) is 2. The van der Waals surface area contributed by atoms with Gasteiger partial charge in [-0.3, -0.25) is 9.59 Å². The van der Waals surface area contributed by atoms with Crippen LogP contribution in [0.3, 0.4) is 0 Å². The first kappa shape index (κ1) is 19.5. The summed E-state index contributed by atoms with van der Waals surface area (Å²) in [7, 11) is 0. The minimum Gasteiger partial charge on any atom is -0.323 e. The molecule has 3 rings (SSSR count). The van der Waals surface area contributed by atoms with Crippen molar-refractivity contribution in [1.82, 2.24) is 9.97 Å². The predicted octanol–water partition coefficient (Wildman–Crippen LogP) is 4.26. The number of fused-ring (bicyclic) bond motifs is 1. The SMILES string of the molecule is CC(C)(C)C(=O)Nc1cc(F)c(F)c(C(=O)c2ccc3ncncc3c2)c1F. The van der Waals surface area contributed by atoms with Crippen molar-refractivity contribution in [2.75, 3.05) is 5.32 Å². The molecule has 28 heavy (non-hydrogen) atoms. The van der Waals surface area contributed by atoms with E-state index in [0.29, 0.717) is 17.0 Å². The Morgan fingerprint density at radius 1 is 1.04 bits per heavy atom. The van der Waals surface area contributed by atoms with Crippen molar-refractivity contribution in [2.24, 2.45) is 5.41 Å². The van der Waals surface area contributed by atoms with Gasteiger partial charge >= 0.3 is 0 Å². The topological polar surface area (TPSA) is 72.0 Å². The Kier molecular flexibility index (Phi) is 4.89. The van der Waals surface area contributed by atoms with Crippen molar-refractivity contribution in [3.05, 3.63) is 65.4 Å². The highest BCUT2D eigenvalue weighted by atomic mass is 19.2. The number of nitrogens with one attached hydrogen (secondary N) is 1. The molecule has 0 saturated carbocycles. The fraction of sp³-hybridized carbons (Fsp3) is 0.200. The fourth-order valence-electron chi connectivity index (χ4n) is 2.47. The van der Waals surface area contributed by atoms with Crippen LogP contribution >= 0.6 is 0 Å². The number of ketones is 1. The van der Waals surface area contributed by atoms with Gasteiger partial charge in [0.15, 0.2) is 23.2 Å². The van der Waals surface area contributed by atoms with Gasteiger partial charge < -0.3 is 5.32 Å². The standard InChI is InChI=1S/C20H16F3N3O2/c1-20(2,3)19(28)26-14-7-12(21)16(22)15(17(14)23)18(27)10-4-5-13-11(6-10)8-24-9-25-13/h4-9H,1-3H3,(H,26,28). The van der Waals surface area contributed by atoms with Gasteiger partial charge in [0.05, 0.1) is 16.8 Å². The molecule has 2 aromatic carbocycles. The first-order chi connectivity index (χ1) is 13.1. The lowest BCUT2D eigenvalue weighted by atomic mass is 9.95.